The minimum atomic E-state index is -0.312. The second kappa shape index (κ2) is 35.6. The van der Waals surface area contributed by atoms with Crippen LogP contribution in [0.1, 0.15) is 0 Å². The molecule has 0 aromatic heterocycles. The van der Waals surface area contributed by atoms with E-state index in [9.17, 15) is 19.2 Å². The maximum atomic E-state index is 11.4. The first-order valence-electron chi connectivity index (χ1n) is 18.7. The van der Waals surface area contributed by atoms with E-state index in [1.165, 1.54) is 24.3 Å². The summed E-state index contributed by atoms with van der Waals surface area (Å²) >= 11 is 0. The molecule has 0 atom stereocenters. The molecule has 4 amide bonds. The number of carbonyl (C=O) groups is 4. The second-order valence-electron chi connectivity index (χ2n) is 11.3. The molecule has 0 saturated heterocycles. The molecular weight excluding hydrogens is 732 g/mol. The summed E-state index contributed by atoms with van der Waals surface area (Å²) in [6, 6.07) is 0. The fourth-order valence-corrected chi connectivity index (χ4v) is 4.36. The molecule has 0 fully saturated rings. The molecule has 0 N–H and O–H groups in total. The number of amides is 4. The summed E-state index contributed by atoms with van der Waals surface area (Å²) in [7, 11) is 0. The molecule has 0 saturated carbocycles. The third-order valence-corrected chi connectivity index (χ3v) is 7.18. The van der Waals surface area contributed by atoms with Gasteiger partial charge in [-0.1, -0.05) is 0 Å². The lowest BCUT2D eigenvalue weighted by Crippen LogP contribution is -2.33. The SMILES string of the molecule is O=C1C=CC(=O)N1CCOCCOCCOCCOCCOCCOCCOCCOCCOCCOCCOCCOCCOCCN1C(=O)C=CC1=O. The van der Waals surface area contributed by atoms with Crippen LogP contribution in [-0.4, -0.2) is 218 Å². The lowest BCUT2D eigenvalue weighted by molar-refractivity contribution is -0.139. The van der Waals surface area contributed by atoms with E-state index in [0.717, 1.165) is 9.80 Å². The predicted octanol–water partition coefficient (Wildman–Crippen LogP) is -0.948. The highest BCUT2D eigenvalue weighted by molar-refractivity contribution is 6.13. The van der Waals surface area contributed by atoms with E-state index >= 15 is 0 Å². The second-order valence-corrected chi connectivity index (χ2v) is 11.3. The molecular formula is C36H60N2O17. The van der Waals surface area contributed by atoms with Crippen LogP contribution in [0, 0.1) is 0 Å². The monoisotopic (exact) mass is 792 g/mol. The Kier molecular flexibility index (Phi) is 31.4. The third-order valence-electron chi connectivity index (χ3n) is 7.18. The average Bonchev–Trinajstić information content (AvgIpc) is 3.68. The van der Waals surface area contributed by atoms with Crippen molar-refractivity contribution in [3.05, 3.63) is 24.3 Å². The molecule has 0 bridgehead atoms. The van der Waals surface area contributed by atoms with Gasteiger partial charge in [-0.2, -0.15) is 0 Å². The van der Waals surface area contributed by atoms with Gasteiger partial charge < -0.3 is 61.6 Å². The highest BCUT2D eigenvalue weighted by Gasteiger charge is 2.23. The molecule has 0 spiro atoms. The normalized spacial score (nSPS) is 14.2. The Bertz CT molecular complexity index is 947. The first kappa shape index (κ1) is 48.4. The van der Waals surface area contributed by atoms with Gasteiger partial charge in [0, 0.05) is 24.3 Å². The molecule has 2 aliphatic heterocycles. The van der Waals surface area contributed by atoms with Crippen molar-refractivity contribution >= 4 is 23.6 Å². The van der Waals surface area contributed by atoms with Crippen molar-refractivity contribution < 1.29 is 80.8 Å². The zero-order valence-electron chi connectivity index (χ0n) is 31.9. The molecule has 19 nitrogen and oxygen atoms in total. The molecule has 2 heterocycles. The van der Waals surface area contributed by atoms with Crippen molar-refractivity contribution in [2.45, 2.75) is 0 Å². The van der Waals surface area contributed by atoms with Gasteiger partial charge >= 0.3 is 0 Å². The van der Waals surface area contributed by atoms with Crippen LogP contribution >= 0.6 is 0 Å². The molecule has 2 rings (SSSR count). The first-order valence-corrected chi connectivity index (χ1v) is 18.7. The number of rotatable bonds is 42. The highest BCUT2D eigenvalue weighted by Crippen LogP contribution is 2.03. The Labute approximate surface area is 323 Å². The lowest BCUT2D eigenvalue weighted by atomic mass is 10.5. The van der Waals surface area contributed by atoms with Crippen molar-refractivity contribution in [1.29, 1.82) is 0 Å². The van der Waals surface area contributed by atoms with Crippen LogP contribution in [0.25, 0.3) is 0 Å². The van der Waals surface area contributed by atoms with Gasteiger partial charge in [0.2, 0.25) is 0 Å². The van der Waals surface area contributed by atoms with Gasteiger partial charge in [-0.25, -0.2) is 0 Å². The Balaban J connectivity index is 1.12. The lowest BCUT2D eigenvalue weighted by Gasteiger charge is -2.13. The van der Waals surface area contributed by atoms with Gasteiger partial charge in [0.1, 0.15) is 0 Å². The van der Waals surface area contributed by atoms with E-state index in [-0.39, 0.29) is 49.9 Å². The first-order chi connectivity index (χ1) is 27.1. The maximum Gasteiger partial charge on any atom is 0.253 e. The van der Waals surface area contributed by atoms with Gasteiger partial charge in [0.15, 0.2) is 0 Å². The van der Waals surface area contributed by atoms with Crippen LogP contribution in [-0.2, 0) is 80.8 Å². The molecule has 19 heteroatoms. The van der Waals surface area contributed by atoms with Crippen molar-refractivity contribution in [2.75, 3.05) is 185 Å². The smallest absolute Gasteiger partial charge is 0.253 e. The number of nitrogens with zero attached hydrogens (tertiary/aromatic N) is 2. The largest absolute Gasteiger partial charge is 0.377 e. The summed E-state index contributed by atoms with van der Waals surface area (Å²) in [5.74, 6) is -1.25. The Morgan fingerprint density at radius 3 is 0.509 bits per heavy atom. The average molecular weight is 793 g/mol. The van der Waals surface area contributed by atoms with E-state index in [1.54, 1.807) is 0 Å². The molecule has 316 valence electrons. The number of hydrogen-bond acceptors (Lipinski definition) is 17. The fourth-order valence-electron chi connectivity index (χ4n) is 4.36. The van der Waals surface area contributed by atoms with E-state index < -0.39 is 0 Å². The van der Waals surface area contributed by atoms with Crippen LogP contribution in [0.5, 0.6) is 0 Å². The van der Waals surface area contributed by atoms with Gasteiger partial charge in [0.05, 0.1) is 185 Å². The van der Waals surface area contributed by atoms with Crippen LogP contribution in [0.2, 0.25) is 0 Å². The fraction of sp³-hybridized carbons (Fsp3) is 0.778. The Morgan fingerprint density at radius 2 is 0.364 bits per heavy atom. The number of carbonyl (C=O) groups excluding carboxylic acids is 4. The third kappa shape index (κ3) is 27.5. The molecule has 0 aromatic carbocycles. The van der Waals surface area contributed by atoms with Gasteiger partial charge in [0.25, 0.3) is 23.6 Å². The molecule has 55 heavy (non-hydrogen) atoms. The highest BCUT2D eigenvalue weighted by atomic mass is 16.6. The van der Waals surface area contributed by atoms with Crippen LogP contribution in [0.3, 0.4) is 0 Å². The Hall–Kier alpha value is -2.76. The molecule has 0 aromatic rings. The quantitative estimate of drug-likeness (QED) is 0.0542. The number of hydrogen-bond donors (Lipinski definition) is 0. The number of ether oxygens (including phenoxy) is 13. The minimum Gasteiger partial charge on any atom is -0.377 e. The van der Waals surface area contributed by atoms with Gasteiger partial charge in [-0.15, -0.1) is 0 Å². The molecule has 0 radical (unpaired) electrons. The zero-order chi connectivity index (χ0) is 39.3. The maximum absolute atomic E-state index is 11.4. The van der Waals surface area contributed by atoms with Crippen LogP contribution in [0.15, 0.2) is 24.3 Å². The minimum absolute atomic E-state index is 0.232. The van der Waals surface area contributed by atoms with Gasteiger partial charge in [-0.05, 0) is 0 Å². The van der Waals surface area contributed by atoms with E-state index in [1.807, 2.05) is 0 Å². The summed E-state index contributed by atoms with van der Waals surface area (Å²) in [6.45, 7) is 11.8. The summed E-state index contributed by atoms with van der Waals surface area (Å²) in [5.41, 5.74) is 0. The van der Waals surface area contributed by atoms with E-state index in [0.29, 0.717) is 159 Å². The summed E-state index contributed by atoms with van der Waals surface area (Å²) < 4.78 is 70.7. The van der Waals surface area contributed by atoms with Crippen LogP contribution < -0.4 is 0 Å². The number of imide groups is 2. The van der Waals surface area contributed by atoms with Crippen molar-refractivity contribution in [2.24, 2.45) is 0 Å². The topological polar surface area (TPSA) is 195 Å². The van der Waals surface area contributed by atoms with Crippen molar-refractivity contribution in [3.8, 4) is 0 Å². The molecule has 0 aliphatic carbocycles. The van der Waals surface area contributed by atoms with E-state index in [4.69, 9.17) is 61.6 Å². The predicted molar refractivity (Wildman–Crippen MR) is 192 cm³/mol. The zero-order valence-corrected chi connectivity index (χ0v) is 31.9. The Morgan fingerprint density at radius 1 is 0.236 bits per heavy atom. The summed E-state index contributed by atoms with van der Waals surface area (Å²) in [4.78, 5) is 47.9. The summed E-state index contributed by atoms with van der Waals surface area (Å²) in [6.07, 6.45) is 5.00. The van der Waals surface area contributed by atoms with Crippen LogP contribution in [0.4, 0.5) is 0 Å². The van der Waals surface area contributed by atoms with Gasteiger partial charge in [-0.3, -0.25) is 29.0 Å². The van der Waals surface area contributed by atoms with Crippen molar-refractivity contribution in [1.82, 2.24) is 9.80 Å². The molecule has 0 unspecified atom stereocenters. The summed E-state index contributed by atoms with van der Waals surface area (Å²) in [5, 5.41) is 0. The van der Waals surface area contributed by atoms with Crippen molar-refractivity contribution in [3.63, 3.8) is 0 Å². The van der Waals surface area contributed by atoms with E-state index in [2.05, 4.69) is 0 Å². The molecule has 2 aliphatic rings. The standard InChI is InChI=1S/C36H60N2O17/c39-33-1-2-34(40)37(33)5-7-43-9-11-45-13-15-47-17-19-49-21-23-51-25-27-53-29-31-55-32-30-54-28-26-52-24-22-50-20-18-48-16-14-46-12-10-44-8-6-38-35(41)3-4-36(38)42/h1-4H,5-32H2.